The largest absolute Gasteiger partial charge is 0.493 e. The summed E-state index contributed by atoms with van der Waals surface area (Å²) in [6.07, 6.45) is 0. The van der Waals surface area contributed by atoms with Crippen LogP contribution in [0.5, 0.6) is 17.2 Å². The highest BCUT2D eigenvalue weighted by Gasteiger charge is 2.15. The van der Waals surface area contributed by atoms with Crippen LogP contribution in [-0.2, 0) is 6.61 Å². The summed E-state index contributed by atoms with van der Waals surface area (Å²) in [7, 11) is 3.11. The quantitative estimate of drug-likeness (QED) is 0.504. The Kier molecular flexibility index (Phi) is 5.25. The monoisotopic (exact) mass is 301 g/mol. The highest BCUT2D eigenvalue weighted by Crippen LogP contribution is 2.39. The standard InChI is InChI=1S/C17H19NO4/c1-12(18-19)14-9-15(20-2)17(16(10-14)21-3)22-11-13-7-5-4-6-8-13/h4-10,19H,11H2,1-3H3. The van der Waals surface area contributed by atoms with E-state index in [1.807, 2.05) is 30.3 Å². The molecule has 0 aliphatic heterocycles. The van der Waals surface area contributed by atoms with E-state index in [-0.39, 0.29) is 0 Å². The Morgan fingerprint density at radius 2 is 1.64 bits per heavy atom. The summed E-state index contributed by atoms with van der Waals surface area (Å²) >= 11 is 0. The molecule has 0 unspecified atom stereocenters. The first-order valence-corrected chi connectivity index (χ1v) is 6.81. The zero-order valence-corrected chi connectivity index (χ0v) is 12.9. The highest BCUT2D eigenvalue weighted by molar-refractivity contribution is 5.99. The molecule has 0 saturated carbocycles. The van der Waals surface area contributed by atoms with Gasteiger partial charge >= 0.3 is 0 Å². The van der Waals surface area contributed by atoms with Crippen LogP contribution in [0.2, 0.25) is 0 Å². The van der Waals surface area contributed by atoms with Crippen LogP contribution in [0.25, 0.3) is 0 Å². The van der Waals surface area contributed by atoms with Crippen molar-refractivity contribution >= 4 is 5.71 Å². The Labute approximate surface area is 129 Å². The molecule has 22 heavy (non-hydrogen) atoms. The van der Waals surface area contributed by atoms with Crippen molar-refractivity contribution in [3.8, 4) is 17.2 Å². The normalized spacial score (nSPS) is 11.1. The smallest absolute Gasteiger partial charge is 0.203 e. The molecule has 5 heteroatoms. The maximum absolute atomic E-state index is 8.91. The first-order valence-electron chi connectivity index (χ1n) is 6.81. The lowest BCUT2D eigenvalue weighted by Crippen LogP contribution is -2.03. The second kappa shape index (κ2) is 7.36. The van der Waals surface area contributed by atoms with Gasteiger partial charge in [-0.25, -0.2) is 0 Å². The zero-order valence-electron chi connectivity index (χ0n) is 12.9. The van der Waals surface area contributed by atoms with Gasteiger partial charge < -0.3 is 19.4 Å². The Morgan fingerprint density at radius 1 is 1.05 bits per heavy atom. The number of hydrogen-bond donors (Lipinski definition) is 1. The van der Waals surface area contributed by atoms with Crippen LogP contribution < -0.4 is 14.2 Å². The van der Waals surface area contributed by atoms with Gasteiger partial charge in [-0.3, -0.25) is 0 Å². The average Bonchev–Trinajstić information content (AvgIpc) is 2.59. The number of oxime groups is 1. The van der Waals surface area contributed by atoms with Gasteiger partial charge in [0.05, 0.1) is 19.9 Å². The number of methoxy groups -OCH3 is 2. The van der Waals surface area contributed by atoms with E-state index in [0.717, 1.165) is 5.56 Å². The van der Waals surface area contributed by atoms with Gasteiger partial charge in [-0.2, -0.15) is 0 Å². The first-order chi connectivity index (χ1) is 10.7. The minimum absolute atomic E-state index is 0.403. The molecular weight excluding hydrogens is 282 g/mol. The van der Waals surface area contributed by atoms with Crippen molar-refractivity contribution in [3.05, 3.63) is 53.6 Å². The van der Waals surface area contributed by atoms with Crippen molar-refractivity contribution in [3.63, 3.8) is 0 Å². The number of benzene rings is 2. The van der Waals surface area contributed by atoms with Crippen LogP contribution in [-0.4, -0.2) is 25.1 Å². The van der Waals surface area contributed by atoms with Crippen molar-refractivity contribution in [2.24, 2.45) is 5.16 Å². The summed E-state index contributed by atoms with van der Waals surface area (Å²) < 4.78 is 16.6. The summed E-state index contributed by atoms with van der Waals surface area (Å²) in [6, 6.07) is 13.3. The molecule has 0 aliphatic carbocycles. The van der Waals surface area contributed by atoms with Crippen LogP contribution in [0.1, 0.15) is 18.1 Å². The van der Waals surface area contributed by atoms with E-state index in [1.54, 1.807) is 33.3 Å². The Hall–Kier alpha value is -2.69. The molecule has 0 aliphatic rings. The second-order valence-corrected chi connectivity index (χ2v) is 4.67. The summed E-state index contributed by atoms with van der Waals surface area (Å²) in [6.45, 7) is 2.10. The molecule has 0 radical (unpaired) electrons. The van der Waals surface area contributed by atoms with E-state index in [0.29, 0.717) is 35.1 Å². The van der Waals surface area contributed by atoms with Gasteiger partial charge in [0, 0.05) is 5.56 Å². The van der Waals surface area contributed by atoms with E-state index in [4.69, 9.17) is 19.4 Å². The molecule has 0 aromatic heterocycles. The molecule has 0 heterocycles. The van der Waals surface area contributed by atoms with Crippen molar-refractivity contribution in [2.75, 3.05) is 14.2 Å². The molecule has 116 valence electrons. The Bertz CT molecular complexity index is 628. The topological polar surface area (TPSA) is 60.3 Å². The predicted molar refractivity (Wildman–Crippen MR) is 84.3 cm³/mol. The molecule has 2 aromatic rings. The molecule has 0 bridgehead atoms. The molecule has 2 rings (SSSR count). The molecule has 0 amide bonds. The third-order valence-corrected chi connectivity index (χ3v) is 3.25. The first kappa shape index (κ1) is 15.7. The summed E-state index contributed by atoms with van der Waals surface area (Å²) in [5.41, 5.74) is 2.21. The number of nitrogens with zero attached hydrogens (tertiary/aromatic N) is 1. The molecule has 0 fully saturated rings. The van der Waals surface area contributed by atoms with Crippen LogP contribution >= 0.6 is 0 Å². The van der Waals surface area contributed by atoms with E-state index in [2.05, 4.69) is 5.16 Å². The number of rotatable bonds is 6. The third kappa shape index (κ3) is 3.49. The molecule has 1 N–H and O–H groups in total. The van der Waals surface area contributed by atoms with E-state index in [9.17, 15) is 0 Å². The molecule has 0 saturated heterocycles. The average molecular weight is 301 g/mol. The van der Waals surface area contributed by atoms with Gasteiger partial charge in [-0.05, 0) is 24.6 Å². The zero-order chi connectivity index (χ0) is 15.9. The van der Waals surface area contributed by atoms with Crippen LogP contribution in [0.4, 0.5) is 0 Å². The second-order valence-electron chi connectivity index (χ2n) is 4.67. The fourth-order valence-corrected chi connectivity index (χ4v) is 2.02. The van der Waals surface area contributed by atoms with Crippen molar-refractivity contribution < 1.29 is 19.4 Å². The van der Waals surface area contributed by atoms with E-state index >= 15 is 0 Å². The van der Waals surface area contributed by atoms with Crippen molar-refractivity contribution in [1.29, 1.82) is 0 Å². The van der Waals surface area contributed by atoms with Crippen LogP contribution in [0.3, 0.4) is 0 Å². The maximum Gasteiger partial charge on any atom is 0.203 e. The lowest BCUT2D eigenvalue weighted by Gasteiger charge is -2.16. The molecule has 0 spiro atoms. The van der Waals surface area contributed by atoms with Crippen molar-refractivity contribution in [1.82, 2.24) is 0 Å². The van der Waals surface area contributed by atoms with Crippen LogP contribution in [0.15, 0.2) is 47.6 Å². The summed E-state index contributed by atoms with van der Waals surface area (Å²) in [5, 5.41) is 12.1. The molecule has 5 nitrogen and oxygen atoms in total. The lowest BCUT2D eigenvalue weighted by atomic mass is 10.1. The van der Waals surface area contributed by atoms with Gasteiger partial charge in [0.1, 0.15) is 6.61 Å². The van der Waals surface area contributed by atoms with Gasteiger partial charge in [0.2, 0.25) is 5.75 Å². The van der Waals surface area contributed by atoms with Gasteiger partial charge in [-0.1, -0.05) is 35.5 Å². The Morgan fingerprint density at radius 3 is 2.14 bits per heavy atom. The number of ether oxygens (including phenoxy) is 3. The molecule has 0 atom stereocenters. The van der Waals surface area contributed by atoms with Crippen molar-refractivity contribution in [2.45, 2.75) is 13.5 Å². The fourth-order valence-electron chi connectivity index (χ4n) is 2.02. The SMILES string of the molecule is COc1cc(C(C)=NO)cc(OC)c1OCc1ccccc1. The molecule has 2 aromatic carbocycles. The Balaban J connectivity index is 2.33. The van der Waals surface area contributed by atoms with Gasteiger partial charge in [0.25, 0.3) is 0 Å². The minimum atomic E-state index is 0.403. The summed E-state index contributed by atoms with van der Waals surface area (Å²) in [5.74, 6) is 1.56. The lowest BCUT2D eigenvalue weighted by molar-refractivity contribution is 0.266. The third-order valence-electron chi connectivity index (χ3n) is 3.25. The molecular formula is C17H19NO4. The van der Waals surface area contributed by atoms with Crippen LogP contribution in [0, 0.1) is 0 Å². The van der Waals surface area contributed by atoms with E-state index in [1.165, 1.54) is 0 Å². The minimum Gasteiger partial charge on any atom is -0.493 e. The predicted octanol–water partition coefficient (Wildman–Crippen LogP) is 3.48. The van der Waals surface area contributed by atoms with Gasteiger partial charge in [0.15, 0.2) is 11.5 Å². The number of hydrogen-bond acceptors (Lipinski definition) is 5. The van der Waals surface area contributed by atoms with E-state index < -0.39 is 0 Å². The maximum atomic E-state index is 8.91. The van der Waals surface area contributed by atoms with Gasteiger partial charge in [-0.15, -0.1) is 0 Å². The fraction of sp³-hybridized carbons (Fsp3) is 0.235. The highest BCUT2D eigenvalue weighted by atomic mass is 16.5. The summed E-state index contributed by atoms with van der Waals surface area (Å²) in [4.78, 5) is 0.